The molecule has 5 rings (SSSR count). The van der Waals surface area contributed by atoms with E-state index in [1.54, 1.807) is 24.7 Å². The van der Waals surface area contributed by atoms with E-state index in [1.807, 2.05) is 66.1 Å². The Kier molecular flexibility index (Phi) is 8.67. The number of hydrogen-bond donors (Lipinski definition) is 0. The standard InChI is InChI=1S/C30H25IN2O5S2/c1-4-13-38-27-20(31)15-18(16-21(27)36-3)17-23-28(34)33-26(22-12-9-14-39-22)24(29(35)37-5-2)25(32-30(33)40-23)19-10-7-6-8-11-19/h4,6-12,14-17,26H,1,5,13H2,2-3H3/b23-17-/t26-/m1/s1. The number of thiophene rings is 1. The van der Waals surface area contributed by atoms with Gasteiger partial charge in [0.2, 0.25) is 0 Å². The largest absolute Gasteiger partial charge is 0.493 e. The van der Waals surface area contributed by atoms with E-state index in [4.69, 9.17) is 19.2 Å². The summed E-state index contributed by atoms with van der Waals surface area (Å²) in [6, 6.07) is 16.4. The lowest BCUT2D eigenvalue weighted by atomic mass is 9.97. The minimum atomic E-state index is -0.669. The lowest BCUT2D eigenvalue weighted by Gasteiger charge is -2.24. The monoisotopic (exact) mass is 684 g/mol. The number of methoxy groups -OCH3 is 1. The fourth-order valence-corrected chi connectivity index (χ4v) is 7.02. The summed E-state index contributed by atoms with van der Waals surface area (Å²) in [5.74, 6) is 0.679. The van der Waals surface area contributed by atoms with Gasteiger partial charge in [0.05, 0.1) is 33.1 Å². The van der Waals surface area contributed by atoms with Crippen molar-refractivity contribution in [3.05, 3.63) is 117 Å². The number of thiazole rings is 1. The average Bonchev–Trinajstić information content (AvgIpc) is 3.60. The van der Waals surface area contributed by atoms with Gasteiger partial charge in [-0.15, -0.1) is 11.3 Å². The number of nitrogens with zero attached hydrogens (tertiary/aromatic N) is 2. The van der Waals surface area contributed by atoms with E-state index in [0.717, 1.165) is 19.6 Å². The molecule has 0 spiro atoms. The SMILES string of the molecule is C=CCOc1c(I)cc(/C=c2\sc3n(c2=O)[C@H](c2cccs2)C(C(=O)OCC)=C(c2ccccc2)N=3)cc1OC. The molecule has 0 aliphatic carbocycles. The third kappa shape index (κ3) is 5.43. The van der Waals surface area contributed by atoms with Gasteiger partial charge in [-0.2, -0.15) is 0 Å². The van der Waals surface area contributed by atoms with Crippen LogP contribution in [0.5, 0.6) is 11.5 Å². The number of carbonyl (C=O) groups excluding carboxylic acids is 1. The summed E-state index contributed by atoms with van der Waals surface area (Å²) in [6.07, 6.45) is 3.48. The molecule has 0 fully saturated rings. The molecular formula is C30H25IN2O5S2. The Morgan fingerprint density at radius 2 is 2.00 bits per heavy atom. The van der Waals surface area contributed by atoms with Crippen LogP contribution in [-0.4, -0.2) is 30.9 Å². The number of hydrogen-bond acceptors (Lipinski definition) is 8. The molecule has 4 aromatic rings. The van der Waals surface area contributed by atoms with Crippen molar-refractivity contribution in [2.24, 2.45) is 4.99 Å². The fourth-order valence-electron chi connectivity index (χ4n) is 4.41. The van der Waals surface area contributed by atoms with E-state index in [-0.39, 0.29) is 12.2 Å². The Bertz CT molecular complexity index is 1770. The van der Waals surface area contributed by atoms with Gasteiger partial charge in [0.15, 0.2) is 16.3 Å². The molecule has 2 aromatic heterocycles. The number of benzene rings is 2. The molecule has 0 saturated carbocycles. The van der Waals surface area contributed by atoms with Gasteiger partial charge >= 0.3 is 5.97 Å². The third-order valence-corrected chi connectivity index (χ3v) is 8.79. The molecule has 2 aromatic carbocycles. The fraction of sp³-hybridized carbons (Fsp3) is 0.167. The van der Waals surface area contributed by atoms with Crippen LogP contribution in [0.3, 0.4) is 0 Å². The van der Waals surface area contributed by atoms with Gasteiger partial charge in [0.1, 0.15) is 12.6 Å². The Hall–Kier alpha value is -3.48. The summed E-state index contributed by atoms with van der Waals surface area (Å²) >= 11 is 4.94. The number of rotatable bonds is 9. The van der Waals surface area contributed by atoms with Crippen molar-refractivity contribution in [2.45, 2.75) is 13.0 Å². The van der Waals surface area contributed by atoms with Crippen LogP contribution in [-0.2, 0) is 9.53 Å². The first kappa shape index (κ1) is 28.1. The summed E-state index contributed by atoms with van der Waals surface area (Å²) in [6.45, 7) is 6.02. The van der Waals surface area contributed by atoms with Gasteiger partial charge in [-0.05, 0) is 64.7 Å². The van der Waals surface area contributed by atoms with Crippen LogP contribution in [0.15, 0.2) is 88.0 Å². The van der Waals surface area contributed by atoms with E-state index in [1.165, 1.54) is 22.7 Å². The maximum atomic E-state index is 14.0. The van der Waals surface area contributed by atoms with Crippen molar-refractivity contribution in [3.8, 4) is 11.5 Å². The van der Waals surface area contributed by atoms with Crippen molar-refractivity contribution in [1.82, 2.24) is 4.57 Å². The molecule has 1 aliphatic rings. The minimum absolute atomic E-state index is 0.207. The molecule has 40 heavy (non-hydrogen) atoms. The molecule has 0 unspecified atom stereocenters. The summed E-state index contributed by atoms with van der Waals surface area (Å²) in [5.41, 5.74) is 2.16. The first-order chi connectivity index (χ1) is 19.5. The van der Waals surface area contributed by atoms with Crippen LogP contribution in [0.4, 0.5) is 0 Å². The molecule has 0 N–H and O–H groups in total. The molecule has 0 bridgehead atoms. The number of ether oxygens (including phenoxy) is 3. The second-order valence-corrected chi connectivity index (χ2v) is 11.7. The van der Waals surface area contributed by atoms with E-state index in [9.17, 15) is 9.59 Å². The summed E-state index contributed by atoms with van der Waals surface area (Å²) < 4.78 is 19.8. The molecule has 0 radical (unpaired) electrons. The third-order valence-electron chi connectivity index (χ3n) is 6.08. The van der Waals surface area contributed by atoms with Crippen LogP contribution in [0.1, 0.15) is 29.0 Å². The molecule has 7 nitrogen and oxygen atoms in total. The van der Waals surface area contributed by atoms with E-state index < -0.39 is 12.0 Å². The summed E-state index contributed by atoms with van der Waals surface area (Å²) in [4.78, 5) is 33.6. The van der Waals surface area contributed by atoms with Gasteiger partial charge in [0, 0.05) is 10.4 Å². The Morgan fingerprint density at radius 1 is 1.20 bits per heavy atom. The zero-order valence-corrected chi connectivity index (χ0v) is 25.5. The highest BCUT2D eigenvalue weighted by molar-refractivity contribution is 14.1. The van der Waals surface area contributed by atoms with Gasteiger partial charge in [-0.1, -0.05) is 60.4 Å². The molecule has 1 atom stereocenters. The Labute approximate surface area is 252 Å². The zero-order chi connectivity index (χ0) is 28.2. The second-order valence-electron chi connectivity index (χ2n) is 8.58. The van der Waals surface area contributed by atoms with Crippen LogP contribution < -0.4 is 24.4 Å². The smallest absolute Gasteiger partial charge is 0.338 e. The predicted molar refractivity (Wildman–Crippen MR) is 167 cm³/mol. The number of carbonyl (C=O) groups is 1. The van der Waals surface area contributed by atoms with E-state index in [0.29, 0.717) is 38.7 Å². The van der Waals surface area contributed by atoms with Crippen molar-refractivity contribution in [1.29, 1.82) is 0 Å². The highest BCUT2D eigenvalue weighted by Gasteiger charge is 2.35. The minimum Gasteiger partial charge on any atom is -0.493 e. The Morgan fingerprint density at radius 3 is 2.67 bits per heavy atom. The van der Waals surface area contributed by atoms with Crippen molar-refractivity contribution in [3.63, 3.8) is 0 Å². The number of aromatic nitrogens is 1. The van der Waals surface area contributed by atoms with Crippen molar-refractivity contribution in [2.75, 3.05) is 20.3 Å². The summed E-state index contributed by atoms with van der Waals surface area (Å²) in [5, 5.41) is 1.93. The predicted octanol–water partition coefficient (Wildman–Crippen LogP) is 5.18. The average molecular weight is 685 g/mol. The van der Waals surface area contributed by atoms with Crippen LogP contribution in [0.25, 0.3) is 11.8 Å². The van der Waals surface area contributed by atoms with E-state index in [2.05, 4.69) is 29.2 Å². The maximum Gasteiger partial charge on any atom is 0.338 e. The second kappa shape index (κ2) is 12.4. The first-order valence-electron chi connectivity index (χ1n) is 12.4. The summed E-state index contributed by atoms with van der Waals surface area (Å²) in [7, 11) is 1.58. The molecule has 204 valence electrons. The first-order valence-corrected chi connectivity index (χ1v) is 15.2. The van der Waals surface area contributed by atoms with Crippen molar-refractivity contribution < 1.29 is 19.0 Å². The van der Waals surface area contributed by atoms with Gasteiger partial charge in [-0.25, -0.2) is 9.79 Å². The normalized spacial score (nSPS) is 14.9. The molecule has 3 heterocycles. The molecule has 0 saturated heterocycles. The molecular weight excluding hydrogens is 659 g/mol. The molecule has 10 heteroatoms. The molecule has 0 amide bonds. The Balaban J connectivity index is 1.74. The van der Waals surface area contributed by atoms with Crippen LogP contribution in [0.2, 0.25) is 0 Å². The number of halogens is 1. The lowest BCUT2D eigenvalue weighted by Crippen LogP contribution is -2.39. The molecule has 1 aliphatic heterocycles. The lowest BCUT2D eigenvalue weighted by molar-refractivity contribution is -0.138. The van der Waals surface area contributed by atoms with Gasteiger partial charge < -0.3 is 14.2 Å². The number of fused-ring (bicyclic) bond motifs is 1. The van der Waals surface area contributed by atoms with Crippen molar-refractivity contribution >= 4 is 63.0 Å². The van der Waals surface area contributed by atoms with Gasteiger partial charge in [0.25, 0.3) is 5.56 Å². The maximum absolute atomic E-state index is 14.0. The highest BCUT2D eigenvalue weighted by Crippen LogP contribution is 2.37. The van der Waals surface area contributed by atoms with Crippen LogP contribution >= 0.6 is 45.3 Å². The highest BCUT2D eigenvalue weighted by atomic mass is 127. The quantitative estimate of drug-likeness (QED) is 0.138. The topological polar surface area (TPSA) is 79.1 Å². The van der Waals surface area contributed by atoms with E-state index >= 15 is 0 Å². The number of esters is 1. The van der Waals surface area contributed by atoms with Crippen LogP contribution in [0, 0.1) is 3.57 Å². The zero-order valence-electron chi connectivity index (χ0n) is 21.8. The van der Waals surface area contributed by atoms with Gasteiger partial charge in [-0.3, -0.25) is 9.36 Å².